The van der Waals surface area contributed by atoms with Gasteiger partial charge in [0.15, 0.2) is 0 Å². The fraction of sp³-hybridized carbons (Fsp3) is 0.208. The van der Waals surface area contributed by atoms with Crippen molar-refractivity contribution in [2.24, 2.45) is 0 Å². The van der Waals surface area contributed by atoms with Gasteiger partial charge < -0.3 is 4.90 Å². The first-order valence-electron chi connectivity index (χ1n) is 9.89. The van der Waals surface area contributed by atoms with E-state index in [0.29, 0.717) is 34.7 Å². The maximum Gasteiger partial charge on any atom is 0.416 e. The molecule has 172 valence electrons. The zero-order valence-electron chi connectivity index (χ0n) is 16.8. The Morgan fingerprint density at radius 2 is 1.36 bits per heavy atom. The number of fused-ring (bicyclic) bond motifs is 1. The van der Waals surface area contributed by atoms with Crippen molar-refractivity contribution in [2.45, 2.75) is 24.8 Å². The molecule has 0 radical (unpaired) electrons. The van der Waals surface area contributed by atoms with Gasteiger partial charge in [0.05, 0.1) is 17.2 Å². The number of benzene rings is 3. The smallest absolute Gasteiger partial charge is 0.327 e. The van der Waals surface area contributed by atoms with E-state index in [4.69, 9.17) is 11.6 Å². The van der Waals surface area contributed by atoms with Crippen LogP contribution in [0, 0.1) is 0 Å². The van der Waals surface area contributed by atoms with Gasteiger partial charge >= 0.3 is 12.4 Å². The number of rotatable bonds is 2. The van der Waals surface area contributed by atoms with E-state index in [0.717, 1.165) is 5.56 Å². The van der Waals surface area contributed by atoms with Crippen molar-refractivity contribution >= 4 is 17.5 Å². The molecule has 3 aromatic rings. The Bertz CT molecular complexity index is 1170. The zero-order valence-corrected chi connectivity index (χ0v) is 17.6. The van der Waals surface area contributed by atoms with E-state index in [1.807, 2.05) is 12.1 Å². The lowest BCUT2D eigenvalue weighted by molar-refractivity contribution is -0.143. The number of amides is 1. The van der Waals surface area contributed by atoms with E-state index in [-0.39, 0.29) is 12.6 Å². The lowest BCUT2D eigenvalue weighted by Crippen LogP contribution is -2.41. The van der Waals surface area contributed by atoms with E-state index in [1.165, 1.54) is 4.90 Å². The van der Waals surface area contributed by atoms with Crippen LogP contribution in [0.5, 0.6) is 0 Å². The van der Waals surface area contributed by atoms with Crippen LogP contribution in [0.15, 0.2) is 66.7 Å². The molecule has 0 unspecified atom stereocenters. The maximum atomic E-state index is 13.4. The number of nitrogens with zero attached hydrogens (tertiary/aromatic N) is 1. The molecule has 1 aliphatic rings. The molecule has 0 saturated heterocycles. The molecule has 1 aliphatic heterocycles. The molecular formula is C24H16ClF6NO. The average molecular weight is 484 g/mol. The van der Waals surface area contributed by atoms with Crippen molar-refractivity contribution in [1.29, 1.82) is 0 Å². The first-order valence-corrected chi connectivity index (χ1v) is 10.3. The summed E-state index contributed by atoms with van der Waals surface area (Å²) >= 11 is 6.37. The van der Waals surface area contributed by atoms with Gasteiger partial charge in [0.1, 0.15) is 0 Å². The average Bonchev–Trinajstić information content (AvgIpc) is 2.77. The van der Waals surface area contributed by atoms with Gasteiger partial charge in [0, 0.05) is 17.1 Å². The number of carbonyl (C=O) groups excluding carboxylic acids is 1. The molecule has 0 spiro atoms. The van der Waals surface area contributed by atoms with E-state index in [1.54, 1.807) is 36.4 Å². The van der Waals surface area contributed by atoms with Gasteiger partial charge in [-0.15, -0.1) is 0 Å². The SMILES string of the molecule is O=C(c1cc(C(F)(F)F)cc(C(F)(F)F)c1)N1CCc2ccccc2[C@H]1c1ccccc1Cl. The van der Waals surface area contributed by atoms with Gasteiger partial charge in [-0.2, -0.15) is 26.3 Å². The standard InChI is InChI=1S/C24H16ClF6NO/c25-20-8-4-3-7-19(20)21-18-6-2-1-5-14(18)9-10-32(21)22(33)15-11-16(23(26,27)28)13-17(12-15)24(29,30)31/h1-8,11-13,21H,9-10H2/t21-/m0/s1. The van der Waals surface area contributed by atoms with Crippen molar-refractivity contribution in [1.82, 2.24) is 4.90 Å². The summed E-state index contributed by atoms with van der Waals surface area (Å²) in [5, 5.41) is 0.331. The molecule has 2 nitrogen and oxygen atoms in total. The highest BCUT2D eigenvalue weighted by molar-refractivity contribution is 6.31. The van der Waals surface area contributed by atoms with Crippen LogP contribution in [-0.4, -0.2) is 17.4 Å². The van der Waals surface area contributed by atoms with Crippen molar-refractivity contribution < 1.29 is 31.1 Å². The molecule has 1 atom stereocenters. The zero-order chi connectivity index (χ0) is 24.0. The quantitative estimate of drug-likeness (QED) is 0.354. The Labute approximate surface area is 190 Å². The van der Waals surface area contributed by atoms with Gasteiger partial charge in [0.25, 0.3) is 5.91 Å². The Hall–Kier alpha value is -3.00. The van der Waals surface area contributed by atoms with E-state index in [9.17, 15) is 31.1 Å². The summed E-state index contributed by atoms with van der Waals surface area (Å²) in [6.07, 6.45) is -9.70. The van der Waals surface area contributed by atoms with Crippen LogP contribution in [0.3, 0.4) is 0 Å². The minimum atomic E-state index is -5.05. The predicted molar refractivity (Wildman–Crippen MR) is 111 cm³/mol. The summed E-state index contributed by atoms with van der Waals surface area (Å²) in [6.45, 7) is 0.101. The summed E-state index contributed by atoms with van der Waals surface area (Å²) < 4.78 is 79.9. The van der Waals surface area contributed by atoms with Crippen molar-refractivity contribution in [2.75, 3.05) is 6.54 Å². The molecule has 1 amide bonds. The van der Waals surface area contributed by atoms with Gasteiger partial charge in [-0.1, -0.05) is 54.1 Å². The number of carbonyl (C=O) groups is 1. The van der Waals surface area contributed by atoms with Crippen LogP contribution in [0.4, 0.5) is 26.3 Å². The summed E-state index contributed by atoms with van der Waals surface area (Å²) in [6, 6.07) is 14.1. The molecule has 0 bridgehead atoms. The largest absolute Gasteiger partial charge is 0.416 e. The van der Waals surface area contributed by atoms with E-state index in [2.05, 4.69) is 0 Å². The third-order valence-corrected chi connectivity index (χ3v) is 5.92. The molecule has 9 heteroatoms. The fourth-order valence-corrected chi connectivity index (χ4v) is 4.30. The number of halogens is 7. The second kappa shape index (κ2) is 8.41. The maximum absolute atomic E-state index is 13.4. The summed E-state index contributed by atoms with van der Waals surface area (Å²) in [7, 11) is 0. The molecular weight excluding hydrogens is 468 g/mol. The van der Waals surface area contributed by atoms with E-state index >= 15 is 0 Å². The Morgan fingerprint density at radius 3 is 1.94 bits per heavy atom. The Balaban J connectivity index is 1.86. The molecule has 0 aromatic heterocycles. The van der Waals surface area contributed by atoms with Gasteiger partial charge in [-0.05, 0) is 47.4 Å². The highest BCUT2D eigenvalue weighted by Gasteiger charge is 2.39. The summed E-state index contributed by atoms with van der Waals surface area (Å²) in [4.78, 5) is 14.7. The van der Waals surface area contributed by atoms with E-state index < -0.39 is 41.0 Å². The van der Waals surface area contributed by atoms with Crippen LogP contribution in [0.2, 0.25) is 5.02 Å². The van der Waals surface area contributed by atoms with Crippen LogP contribution >= 0.6 is 11.6 Å². The third kappa shape index (κ3) is 4.57. The molecule has 0 saturated carbocycles. The highest BCUT2D eigenvalue weighted by Crippen LogP contribution is 2.41. The molecule has 3 aromatic carbocycles. The summed E-state index contributed by atoms with van der Waals surface area (Å²) in [5.74, 6) is -0.939. The highest BCUT2D eigenvalue weighted by atomic mass is 35.5. The molecule has 0 fully saturated rings. The number of alkyl halides is 6. The van der Waals surface area contributed by atoms with Gasteiger partial charge in [-0.25, -0.2) is 0 Å². The third-order valence-electron chi connectivity index (χ3n) is 5.58. The topological polar surface area (TPSA) is 20.3 Å². The molecule has 33 heavy (non-hydrogen) atoms. The summed E-state index contributed by atoms with van der Waals surface area (Å²) in [5.41, 5.74) is -1.59. The lowest BCUT2D eigenvalue weighted by Gasteiger charge is -2.38. The van der Waals surface area contributed by atoms with Crippen LogP contribution < -0.4 is 0 Å². The minimum Gasteiger partial charge on any atom is -0.327 e. The van der Waals surface area contributed by atoms with Crippen molar-refractivity contribution in [3.63, 3.8) is 0 Å². The minimum absolute atomic E-state index is 0.00777. The normalized spacial score (nSPS) is 16.5. The van der Waals surface area contributed by atoms with Crippen molar-refractivity contribution in [3.05, 3.63) is 105 Å². The van der Waals surface area contributed by atoms with Crippen LogP contribution in [0.25, 0.3) is 0 Å². The van der Waals surface area contributed by atoms with Gasteiger partial charge in [0.2, 0.25) is 0 Å². The van der Waals surface area contributed by atoms with Crippen molar-refractivity contribution in [3.8, 4) is 0 Å². The predicted octanol–water partition coefficient (Wildman–Crippen LogP) is 7.17. The lowest BCUT2D eigenvalue weighted by atomic mass is 9.87. The second-order valence-electron chi connectivity index (χ2n) is 7.67. The molecule has 4 rings (SSSR count). The number of hydrogen-bond acceptors (Lipinski definition) is 1. The molecule has 1 heterocycles. The first-order chi connectivity index (χ1) is 15.5. The fourth-order valence-electron chi connectivity index (χ4n) is 4.06. The second-order valence-corrected chi connectivity index (χ2v) is 8.07. The van der Waals surface area contributed by atoms with Gasteiger partial charge in [-0.3, -0.25) is 4.79 Å². The van der Waals surface area contributed by atoms with Crippen LogP contribution in [-0.2, 0) is 18.8 Å². The van der Waals surface area contributed by atoms with Crippen LogP contribution in [0.1, 0.15) is 44.2 Å². The monoisotopic (exact) mass is 483 g/mol. The number of hydrogen-bond donors (Lipinski definition) is 0. The Kier molecular flexibility index (Phi) is 5.90. The molecule has 0 aliphatic carbocycles. The Morgan fingerprint density at radius 1 is 0.818 bits per heavy atom. The first kappa shape index (κ1) is 23.2. The molecule has 0 N–H and O–H groups in total.